The van der Waals surface area contributed by atoms with Gasteiger partial charge in [0.15, 0.2) is 0 Å². The van der Waals surface area contributed by atoms with Gasteiger partial charge in [-0.15, -0.1) is 0 Å². The second-order valence-electron chi connectivity index (χ2n) is 6.82. The molecule has 4 nitrogen and oxygen atoms in total. The topological polar surface area (TPSA) is 49.4 Å². The monoisotopic (exact) mass is 424 g/mol. The third-order valence-electron chi connectivity index (χ3n) is 4.99. The Kier molecular flexibility index (Phi) is 5.56. The van der Waals surface area contributed by atoms with Crippen molar-refractivity contribution < 1.29 is 9.59 Å². The number of fused-ring (bicyclic) bond motifs is 1. The summed E-state index contributed by atoms with van der Waals surface area (Å²) in [6, 6.07) is 21.2. The second-order valence-corrected chi connectivity index (χ2v) is 7.66. The fraction of sp³-hybridized carbons (Fsp3) is 0.130. The predicted octanol–water partition coefficient (Wildman–Crippen LogP) is 5.52. The van der Waals surface area contributed by atoms with Gasteiger partial charge >= 0.3 is 0 Å². The highest BCUT2D eigenvalue weighted by Gasteiger charge is 2.30. The van der Waals surface area contributed by atoms with E-state index in [1.807, 2.05) is 24.3 Å². The number of carbonyl (C=O) groups is 2. The first kappa shape index (κ1) is 19.5. The molecule has 0 bridgehead atoms. The van der Waals surface area contributed by atoms with Gasteiger partial charge in [0.05, 0.1) is 22.3 Å². The Hall–Kier alpha value is -2.82. The number of hydrogen-bond donors (Lipinski definition) is 1. The van der Waals surface area contributed by atoms with E-state index in [4.69, 9.17) is 23.2 Å². The summed E-state index contributed by atoms with van der Waals surface area (Å²) in [7, 11) is 0. The Morgan fingerprint density at radius 1 is 0.931 bits per heavy atom. The van der Waals surface area contributed by atoms with Gasteiger partial charge in [0.25, 0.3) is 11.8 Å². The molecule has 3 aromatic carbocycles. The SMILES string of the molecule is O=C(NC1CCN(C(=O)c2ccccc2)c2cc(Cl)ccc21)c1ccccc1Cl. The van der Waals surface area contributed by atoms with E-state index in [0.29, 0.717) is 39.8 Å². The van der Waals surface area contributed by atoms with Gasteiger partial charge in [-0.2, -0.15) is 0 Å². The summed E-state index contributed by atoms with van der Waals surface area (Å²) in [5, 5.41) is 3.98. The van der Waals surface area contributed by atoms with E-state index in [9.17, 15) is 9.59 Å². The fourth-order valence-electron chi connectivity index (χ4n) is 3.56. The zero-order chi connectivity index (χ0) is 20.4. The van der Waals surface area contributed by atoms with Crippen molar-refractivity contribution in [1.82, 2.24) is 5.32 Å². The van der Waals surface area contributed by atoms with Crippen molar-refractivity contribution in [3.05, 3.63) is 99.5 Å². The molecule has 0 aliphatic carbocycles. The third kappa shape index (κ3) is 4.00. The van der Waals surface area contributed by atoms with Gasteiger partial charge in [-0.1, -0.05) is 59.6 Å². The first-order valence-electron chi connectivity index (χ1n) is 9.26. The van der Waals surface area contributed by atoms with E-state index in [1.54, 1.807) is 53.4 Å². The molecule has 0 radical (unpaired) electrons. The quantitative estimate of drug-likeness (QED) is 0.601. The van der Waals surface area contributed by atoms with E-state index in [-0.39, 0.29) is 17.9 Å². The zero-order valence-electron chi connectivity index (χ0n) is 15.4. The molecule has 4 rings (SSSR count). The molecule has 6 heteroatoms. The standard InChI is InChI=1S/C23H18Cl2N2O2/c24-16-10-11-18-20(26-22(28)17-8-4-5-9-19(17)25)12-13-27(21(18)14-16)23(29)15-6-2-1-3-7-15/h1-11,14,20H,12-13H2,(H,26,28). The summed E-state index contributed by atoms with van der Waals surface area (Å²) in [6.45, 7) is 0.467. The summed E-state index contributed by atoms with van der Waals surface area (Å²) in [4.78, 5) is 27.5. The maximum absolute atomic E-state index is 13.0. The van der Waals surface area contributed by atoms with Gasteiger partial charge in [-0.25, -0.2) is 0 Å². The number of hydrogen-bond acceptors (Lipinski definition) is 2. The molecule has 1 aliphatic rings. The highest BCUT2D eigenvalue weighted by atomic mass is 35.5. The van der Waals surface area contributed by atoms with Crippen LogP contribution < -0.4 is 10.2 Å². The average molecular weight is 425 g/mol. The van der Waals surface area contributed by atoms with Crippen LogP contribution in [0.2, 0.25) is 10.0 Å². The Morgan fingerprint density at radius 3 is 2.41 bits per heavy atom. The normalized spacial score (nSPS) is 15.5. The number of benzene rings is 3. The minimum atomic E-state index is -0.246. The van der Waals surface area contributed by atoms with Crippen LogP contribution in [0.15, 0.2) is 72.8 Å². The van der Waals surface area contributed by atoms with Gasteiger partial charge < -0.3 is 10.2 Å². The molecular weight excluding hydrogens is 407 g/mol. The van der Waals surface area contributed by atoms with Crippen LogP contribution in [0.5, 0.6) is 0 Å². The predicted molar refractivity (Wildman–Crippen MR) is 116 cm³/mol. The molecule has 146 valence electrons. The van der Waals surface area contributed by atoms with Gasteiger partial charge in [-0.05, 0) is 48.4 Å². The van der Waals surface area contributed by atoms with Crippen LogP contribution in [-0.4, -0.2) is 18.4 Å². The second kappa shape index (κ2) is 8.27. The zero-order valence-corrected chi connectivity index (χ0v) is 17.0. The number of nitrogens with one attached hydrogen (secondary N) is 1. The molecule has 0 fully saturated rings. The highest BCUT2D eigenvalue weighted by molar-refractivity contribution is 6.33. The van der Waals surface area contributed by atoms with Crippen molar-refractivity contribution in [1.29, 1.82) is 0 Å². The van der Waals surface area contributed by atoms with Crippen molar-refractivity contribution in [3.8, 4) is 0 Å². The third-order valence-corrected chi connectivity index (χ3v) is 5.55. The van der Waals surface area contributed by atoms with Crippen LogP contribution in [0.25, 0.3) is 0 Å². The number of rotatable bonds is 3. The average Bonchev–Trinajstić information content (AvgIpc) is 2.74. The lowest BCUT2D eigenvalue weighted by Gasteiger charge is -2.35. The molecule has 29 heavy (non-hydrogen) atoms. The summed E-state index contributed by atoms with van der Waals surface area (Å²) in [5.74, 6) is -0.339. The van der Waals surface area contributed by atoms with Crippen molar-refractivity contribution >= 4 is 40.7 Å². The maximum Gasteiger partial charge on any atom is 0.258 e. The summed E-state index contributed by atoms with van der Waals surface area (Å²) >= 11 is 12.4. The van der Waals surface area contributed by atoms with Crippen LogP contribution in [0.4, 0.5) is 5.69 Å². The lowest BCUT2D eigenvalue weighted by molar-refractivity contribution is 0.0933. The molecule has 0 saturated carbocycles. The minimum absolute atomic E-state index is 0.0926. The largest absolute Gasteiger partial charge is 0.345 e. The van der Waals surface area contributed by atoms with E-state index in [2.05, 4.69) is 5.32 Å². The van der Waals surface area contributed by atoms with E-state index in [0.717, 1.165) is 5.56 Å². The van der Waals surface area contributed by atoms with Gasteiger partial charge in [0.2, 0.25) is 0 Å². The summed E-state index contributed by atoms with van der Waals surface area (Å²) in [5.41, 5.74) is 2.59. The van der Waals surface area contributed by atoms with E-state index >= 15 is 0 Å². The number of anilines is 1. The maximum atomic E-state index is 13.0. The molecule has 0 aromatic heterocycles. The van der Waals surface area contributed by atoms with Gasteiger partial charge in [0, 0.05) is 17.1 Å². The lowest BCUT2D eigenvalue weighted by Crippen LogP contribution is -2.41. The van der Waals surface area contributed by atoms with Crippen molar-refractivity contribution in [3.63, 3.8) is 0 Å². The number of nitrogens with zero attached hydrogens (tertiary/aromatic N) is 1. The van der Waals surface area contributed by atoms with Crippen molar-refractivity contribution in [2.75, 3.05) is 11.4 Å². The van der Waals surface area contributed by atoms with Crippen LogP contribution in [0.3, 0.4) is 0 Å². The van der Waals surface area contributed by atoms with E-state index in [1.165, 1.54) is 0 Å². The molecule has 0 saturated heterocycles. The molecule has 1 atom stereocenters. The van der Waals surface area contributed by atoms with Gasteiger partial charge in [0.1, 0.15) is 0 Å². The fourth-order valence-corrected chi connectivity index (χ4v) is 3.95. The van der Waals surface area contributed by atoms with Crippen molar-refractivity contribution in [2.45, 2.75) is 12.5 Å². The Bertz CT molecular complexity index is 1070. The summed E-state index contributed by atoms with van der Waals surface area (Å²) in [6.07, 6.45) is 0.587. The minimum Gasteiger partial charge on any atom is -0.345 e. The van der Waals surface area contributed by atoms with Crippen LogP contribution in [-0.2, 0) is 0 Å². The number of carbonyl (C=O) groups excluding carboxylic acids is 2. The highest BCUT2D eigenvalue weighted by Crippen LogP contribution is 2.37. The first-order chi connectivity index (χ1) is 14.0. The molecule has 1 heterocycles. The Labute approximate surface area is 179 Å². The smallest absolute Gasteiger partial charge is 0.258 e. The van der Waals surface area contributed by atoms with Crippen molar-refractivity contribution in [2.24, 2.45) is 0 Å². The molecule has 2 amide bonds. The van der Waals surface area contributed by atoms with Gasteiger partial charge in [-0.3, -0.25) is 9.59 Å². The molecule has 1 N–H and O–H groups in total. The number of halogens is 2. The lowest BCUT2D eigenvalue weighted by atomic mass is 9.95. The van der Waals surface area contributed by atoms with Crippen LogP contribution >= 0.6 is 23.2 Å². The van der Waals surface area contributed by atoms with Crippen LogP contribution in [0, 0.1) is 0 Å². The summed E-state index contributed by atoms with van der Waals surface area (Å²) < 4.78 is 0. The first-order valence-corrected chi connectivity index (χ1v) is 10.0. The van der Waals surface area contributed by atoms with E-state index < -0.39 is 0 Å². The molecular formula is C23H18Cl2N2O2. The molecule has 1 unspecified atom stereocenters. The van der Waals surface area contributed by atoms with Crippen LogP contribution in [0.1, 0.15) is 38.7 Å². The molecule has 0 spiro atoms. The number of amides is 2. The molecule has 1 aliphatic heterocycles. The Morgan fingerprint density at radius 2 is 1.66 bits per heavy atom. The Balaban J connectivity index is 1.64. The molecule has 3 aromatic rings.